The highest BCUT2D eigenvalue weighted by Gasteiger charge is 2.44. The first kappa shape index (κ1) is 19.9. The summed E-state index contributed by atoms with van der Waals surface area (Å²) in [6.07, 6.45) is 0. The molecule has 1 aliphatic heterocycles. The Morgan fingerprint density at radius 3 is 2.67 bits per heavy atom. The highest BCUT2D eigenvalue weighted by molar-refractivity contribution is 8.03. The fourth-order valence-electron chi connectivity index (χ4n) is 2.60. The Bertz CT molecular complexity index is 926. The molecule has 0 aliphatic carbocycles. The van der Waals surface area contributed by atoms with Crippen LogP contribution in [0.4, 0.5) is 11.4 Å². The maximum Gasteiger partial charge on any atom is 0.292 e. The van der Waals surface area contributed by atoms with Crippen molar-refractivity contribution < 1.29 is 14.5 Å². The van der Waals surface area contributed by atoms with Crippen molar-refractivity contribution in [3.8, 4) is 12.1 Å². The standard InChI is InChI=1S/C17H15N5O4S/c1-17(2)10(7-18)15(24)21-16(11(17)8-19)27-9-14(23)20-12-5-3-4-6-13(12)22(25)26/h3-6,10H,9H2,1-2H3,(H,20,23)(H,21,24)/t10-/m1/s1. The number of hydrogen-bond acceptors (Lipinski definition) is 7. The number of hydrogen-bond donors (Lipinski definition) is 2. The molecule has 1 atom stereocenters. The number of nitro groups is 1. The summed E-state index contributed by atoms with van der Waals surface area (Å²) in [5.74, 6) is -2.27. The molecule has 0 fully saturated rings. The minimum atomic E-state index is -1.02. The molecule has 27 heavy (non-hydrogen) atoms. The Morgan fingerprint density at radius 2 is 2.07 bits per heavy atom. The molecule has 9 nitrogen and oxygen atoms in total. The molecule has 0 bridgehead atoms. The average molecular weight is 385 g/mol. The van der Waals surface area contributed by atoms with E-state index in [0.29, 0.717) is 0 Å². The average Bonchev–Trinajstić information content (AvgIpc) is 2.59. The van der Waals surface area contributed by atoms with E-state index in [-0.39, 0.29) is 27.7 Å². The lowest BCUT2D eigenvalue weighted by Crippen LogP contribution is -2.44. The number of benzene rings is 1. The maximum absolute atomic E-state index is 12.2. The molecule has 2 N–H and O–H groups in total. The Labute approximate surface area is 159 Å². The van der Waals surface area contributed by atoms with Crippen molar-refractivity contribution in [2.45, 2.75) is 13.8 Å². The number of carbonyl (C=O) groups is 2. The van der Waals surface area contributed by atoms with Crippen molar-refractivity contribution in [3.63, 3.8) is 0 Å². The summed E-state index contributed by atoms with van der Waals surface area (Å²) >= 11 is 0.924. The summed E-state index contributed by atoms with van der Waals surface area (Å²) in [6.45, 7) is 3.23. The predicted molar refractivity (Wildman–Crippen MR) is 97.8 cm³/mol. The maximum atomic E-state index is 12.2. The number of nitrogens with one attached hydrogen (secondary N) is 2. The van der Waals surface area contributed by atoms with Gasteiger partial charge in [-0.25, -0.2) is 0 Å². The van der Waals surface area contributed by atoms with Crippen molar-refractivity contribution in [1.82, 2.24) is 5.32 Å². The molecule has 1 heterocycles. The van der Waals surface area contributed by atoms with Gasteiger partial charge in [-0.1, -0.05) is 37.7 Å². The van der Waals surface area contributed by atoms with Crippen LogP contribution in [0, 0.1) is 44.1 Å². The van der Waals surface area contributed by atoms with Crippen LogP contribution in [0.5, 0.6) is 0 Å². The van der Waals surface area contributed by atoms with Crippen molar-refractivity contribution in [1.29, 1.82) is 10.5 Å². The summed E-state index contributed by atoms with van der Waals surface area (Å²) in [4.78, 5) is 34.6. The van der Waals surface area contributed by atoms with Gasteiger partial charge < -0.3 is 10.6 Å². The van der Waals surface area contributed by atoms with Gasteiger partial charge in [0.1, 0.15) is 11.6 Å². The second-order valence-corrected chi connectivity index (χ2v) is 7.19. The van der Waals surface area contributed by atoms with Gasteiger partial charge in [-0.2, -0.15) is 10.5 Å². The summed E-state index contributed by atoms with van der Waals surface area (Å²) in [7, 11) is 0. The van der Waals surface area contributed by atoms with Crippen molar-refractivity contribution in [3.05, 3.63) is 45.0 Å². The molecular formula is C17H15N5O4S. The topological polar surface area (TPSA) is 149 Å². The molecule has 1 aromatic carbocycles. The minimum Gasteiger partial charge on any atom is -0.320 e. The van der Waals surface area contributed by atoms with E-state index in [1.807, 2.05) is 12.1 Å². The summed E-state index contributed by atoms with van der Waals surface area (Å²) in [5, 5.41) is 34.7. The van der Waals surface area contributed by atoms with E-state index in [0.717, 1.165) is 11.8 Å². The van der Waals surface area contributed by atoms with Crippen LogP contribution in [0.15, 0.2) is 34.9 Å². The lowest BCUT2D eigenvalue weighted by molar-refractivity contribution is -0.383. The number of rotatable bonds is 5. The molecule has 0 aromatic heterocycles. The fraction of sp³-hybridized carbons (Fsp3) is 0.294. The number of para-hydroxylation sites is 2. The second kappa shape index (κ2) is 7.89. The Morgan fingerprint density at radius 1 is 1.41 bits per heavy atom. The van der Waals surface area contributed by atoms with Crippen LogP contribution in [-0.2, 0) is 9.59 Å². The summed E-state index contributed by atoms with van der Waals surface area (Å²) in [5.41, 5.74) is -0.975. The first-order chi connectivity index (χ1) is 12.7. The van der Waals surface area contributed by atoms with Gasteiger partial charge in [0.2, 0.25) is 11.8 Å². The highest BCUT2D eigenvalue weighted by atomic mass is 32.2. The van der Waals surface area contributed by atoms with Gasteiger partial charge in [-0.05, 0) is 6.07 Å². The van der Waals surface area contributed by atoms with Gasteiger partial charge in [0.25, 0.3) is 5.69 Å². The largest absolute Gasteiger partial charge is 0.320 e. The minimum absolute atomic E-state index is 0.0557. The van der Waals surface area contributed by atoms with Crippen LogP contribution >= 0.6 is 11.8 Å². The molecule has 0 saturated heterocycles. The number of carbonyl (C=O) groups excluding carboxylic acids is 2. The van der Waals surface area contributed by atoms with Gasteiger partial charge in [-0.15, -0.1) is 0 Å². The van der Waals surface area contributed by atoms with Gasteiger partial charge >= 0.3 is 0 Å². The van der Waals surface area contributed by atoms with Crippen molar-refractivity contribution in [2.75, 3.05) is 11.1 Å². The monoisotopic (exact) mass is 385 g/mol. The van der Waals surface area contributed by atoms with Crippen LogP contribution in [0.25, 0.3) is 0 Å². The second-order valence-electron chi connectivity index (χ2n) is 6.20. The van der Waals surface area contributed by atoms with E-state index in [1.165, 1.54) is 18.2 Å². The van der Waals surface area contributed by atoms with Crippen LogP contribution in [-0.4, -0.2) is 22.5 Å². The number of anilines is 1. The molecule has 1 aliphatic rings. The zero-order chi connectivity index (χ0) is 20.2. The molecule has 138 valence electrons. The molecule has 10 heteroatoms. The molecule has 2 amide bonds. The SMILES string of the molecule is CC1(C)C(C#N)=C(SCC(=O)Nc2ccccc2[N+](=O)[O-])NC(=O)[C@H]1C#N. The van der Waals surface area contributed by atoms with Gasteiger partial charge in [0.05, 0.1) is 33.4 Å². The van der Waals surface area contributed by atoms with Crippen LogP contribution in [0.2, 0.25) is 0 Å². The number of nitriles is 2. The molecule has 0 saturated carbocycles. The number of amides is 2. The van der Waals surface area contributed by atoms with E-state index < -0.39 is 28.1 Å². The van der Waals surface area contributed by atoms with Gasteiger partial charge in [0.15, 0.2) is 0 Å². The quantitative estimate of drug-likeness (QED) is 0.583. The van der Waals surface area contributed by atoms with Gasteiger partial charge in [0, 0.05) is 11.5 Å². The number of nitro benzene ring substituents is 1. The Hall–Kier alpha value is -3.37. The van der Waals surface area contributed by atoms with E-state index >= 15 is 0 Å². The molecule has 2 rings (SSSR count). The van der Waals surface area contributed by atoms with Crippen molar-refractivity contribution >= 4 is 35.0 Å². The number of thioether (sulfide) groups is 1. The van der Waals surface area contributed by atoms with Crippen molar-refractivity contribution in [2.24, 2.45) is 11.3 Å². The molecule has 0 radical (unpaired) electrons. The highest BCUT2D eigenvalue weighted by Crippen LogP contribution is 2.41. The smallest absolute Gasteiger partial charge is 0.292 e. The molecule has 1 aromatic rings. The third-order valence-electron chi connectivity index (χ3n) is 4.06. The molecule has 0 spiro atoms. The van der Waals surface area contributed by atoms with Crippen LogP contribution in [0.1, 0.15) is 13.8 Å². The van der Waals surface area contributed by atoms with E-state index in [2.05, 4.69) is 10.6 Å². The zero-order valence-corrected chi connectivity index (χ0v) is 15.3. The Balaban J connectivity index is 2.16. The predicted octanol–water partition coefficient (Wildman–Crippen LogP) is 2.30. The molecular weight excluding hydrogens is 370 g/mol. The lowest BCUT2D eigenvalue weighted by atomic mass is 9.72. The molecule has 0 unspecified atom stereocenters. The zero-order valence-electron chi connectivity index (χ0n) is 14.5. The summed E-state index contributed by atoms with van der Waals surface area (Å²) < 4.78 is 0. The van der Waals surface area contributed by atoms with E-state index in [4.69, 9.17) is 0 Å². The van der Waals surface area contributed by atoms with Crippen LogP contribution in [0.3, 0.4) is 0 Å². The van der Waals surface area contributed by atoms with E-state index in [9.17, 15) is 30.2 Å². The van der Waals surface area contributed by atoms with Gasteiger partial charge in [-0.3, -0.25) is 19.7 Å². The number of nitrogens with zero attached hydrogens (tertiary/aromatic N) is 3. The fourth-order valence-corrected chi connectivity index (χ4v) is 3.57. The first-order valence-electron chi connectivity index (χ1n) is 7.73. The number of allylic oxidation sites excluding steroid dienone is 1. The third kappa shape index (κ3) is 4.07. The summed E-state index contributed by atoms with van der Waals surface area (Å²) in [6, 6.07) is 9.60. The van der Waals surface area contributed by atoms with Crippen LogP contribution < -0.4 is 10.6 Å². The first-order valence-corrected chi connectivity index (χ1v) is 8.72. The Kier molecular flexibility index (Phi) is 5.83. The van der Waals surface area contributed by atoms with E-state index in [1.54, 1.807) is 19.9 Å². The lowest BCUT2D eigenvalue weighted by Gasteiger charge is -2.34. The normalized spacial score (nSPS) is 18.1. The third-order valence-corrected chi connectivity index (χ3v) is 5.06.